The standard InChI is InChI=1S/C12H14F2N2O.ClH/c1-8-7-15-4-5-16(8)12(17)9-2-3-10(13)11(14)6-9;/h2-3,6,8,15H,4-5,7H2,1H3;1H. The molecule has 1 fully saturated rings. The SMILES string of the molecule is CC1CNCCN1C(=O)c1ccc(F)c(F)c1.Cl. The second-order valence-electron chi connectivity index (χ2n) is 4.18. The largest absolute Gasteiger partial charge is 0.333 e. The maximum atomic E-state index is 13.0. The fourth-order valence-corrected chi connectivity index (χ4v) is 1.94. The Kier molecular flexibility index (Phi) is 5.04. The molecule has 1 unspecified atom stereocenters. The number of hydrogen-bond acceptors (Lipinski definition) is 2. The molecule has 2 rings (SSSR count). The van der Waals surface area contributed by atoms with Crippen molar-refractivity contribution >= 4 is 18.3 Å². The number of piperazine rings is 1. The van der Waals surface area contributed by atoms with Gasteiger partial charge in [-0.25, -0.2) is 8.78 Å². The topological polar surface area (TPSA) is 32.3 Å². The molecule has 1 amide bonds. The smallest absolute Gasteiger partial charge is 0.254 e. The van der Waals surface area contributed by atoms with E-state index in [4.69, 9.17) is 0 Å². The minimum absolute atomic E-state index is 0. The van der Waals surface area contributed by atoms with Crippen LogP contribution in [0.5, 0.6) is 0 Å². The molecule has 18 heavy (non-hydrogen) atoms. The van der Waals surface area contributed by atoms with Crippen molar-refractivity contribution in [3.05, 3.63) is 35.4 Å². The van der Waals surface area contributed by atoms with E-state index >= 15 is 0 Å². The van der Waals surface area contributed by atoms with Gasteiger partial charge in [0.2, 0.25) is 0 Å². The minimum atomic E-state index is -0.987. The summed E-state index contributed by atoms with van der Waals surface area (Å²) < 4.78 is 25.8. The average Bonchev–Trinajstić information content (AvgIpc) is 2.32. The predicted octanol–water partition coefficient (Wildman–Crippen LogP) is 1.82. The first-order valence-corrected chi connectivity index (χ1v) is 5.56. The summed E-state index contributed by atoms with van der Waals surface area (Å²) in [5.74, 6) is -2.17. The number of benzene rings is 1. The van der Waals surface area contributed by atoms with Gasteiger partial charge in [0.1, 0.15) is 0 Å². The molecule has 0 saturated carbocycles. The van der Waals surface area contributed by atoms with Crippen LogP contribution in [-0.4, -0.2) is 36.5 Å². The van der Waals surface area contributed by atoms with E-state index in [9.17, 15) is 13.6 Å². The van der Waals surface area contributed by atoms with Crippen LogP contribution in [0.4, 0.5) is 8.78 Å². The fourth-order valence-electron chi connectivity index (χ4n) is 1.94. The Morgan fingerprint density at radius 3 is 2.72 bits per heavy atom. The zero-order valence-electron chi connectivity index (χ0n) is 9.95. The van der Waals surface area contributed by atoms with E-state index in [1.54, 1.807) is 4.90 Å². The lowest BCUT2D eigenvalue weighted by molar-refractivity contribution is 0.0655. The van der Waals surface area contributed by atoms with Crippen molar-refractivity contribution in [1.29, 1.82) is 0 Å². The normalized spacial score (nSPS) is 19.3. The Balaban J connectivity index is 0.00000162. The number of rotatable bonds is 1. The number of nitrogens with zero attached hydrogens (tertiary/aromatic N) is 1. The number of halogens is 3. The van der Waals surface area contributed by atoms with E-state index in [2.05, 4.69) is 5.32 Å². The van der Waals surface area contributed by atoms with Gasteiger partial charge in [0.05, 0.1) is 0 Å². The van der Waals surface area contributed by atoms with Gasteiger partial charge >= 0.3 is 0 Å². The molecule has 1 heterocycles. The van der Waals surface area contributed by atoms with Crippen LogP contribution < -0.4 is 5.32 Å². The summed E-state index contributed by atoms with van der Waals surface area (Å²) in [6, 6.07) is 3.31. The average molecular weight is 277 g/mol. The van der Waals surface area contributed by atoms with Crippen molar-refractivity contribution in [2.24, 2.45) is 0 Å². The highest BCUT2D eigenvalue weighted by atomic mass is 35.5. The van der Waals surface area contributed by atoms with Crippen LogP contribution >= 0.6 is 12.4 Å². The van der Waals surface area contributed by atoms with Crippen LogP contribution in [0.15, 0.2) is 18.2 Å². The summed E-state index contributed by atoms with van der Waals surface area (Å²) in [7, 11) is 0. The Morgan fingerprint density at radius 2 is 2.11 bits per heavy atom. The van der Waals surface area contributed by atoms with E-state index in [0.29, 0.717) is 6.54 Å². The molecule has 0 aliphatic carbocycles. The zero-order valence-corrected chi connectivity index (χ0v) is 10.8. The molecule has 1 aromatic rings. The second-order valence-corrected chi connectivity index (χ2v) is 4.18. The van der Waals surface area contributed by atoms with E-state index in [-0.39, 0.29) is 29.9 Å². The van der Waals surface area contributed by atoms with E-state index in [1.807, 2.05) is 6.92 Å². The fraction of sp³-hybridized carbons (Fsp3) is 0.417. The van der Waals surface area contributed by atoms with E-state index in [0.717, 1.165) is 25.2 Å². The van der Waals surface area contributed by atoms with Crippen LogP contribution in [0.25, 0.3) is 0 Å². The number of carbonyl (C=O) groups is 1. The molecule has 0 bridgehead atoms. The Labute approximate surface area is 111 Å². The quantitative estimate of drug-likeness (QED) is 0.849. The van der Waals surface area contributed by atoms with Gasteiger partial charge in [-0.3, -0.25) is 4.79 Å². The molecule has 1 aliphatic heterocycles. The second kappa shape index (κ2) is 6.11. The molecule has 0 aromatic heterocycles. The Morgan fingerprint density at radius 1 is 1.39 bits per heavy atom. The van der Waals surface area contributed by atoms with Gasteiger partial charge in [-0.15, -0.1) is 12.4 Å². The first-order chi connectivity index (χ1) is 8.09. The summed E-state index contributed by atoms with van der Waals surface area (Å²) in [5, 5.41) is 3.16. The number of hydrogen-bond donors (Lipinski definition) is 1. The molecular formula is C12H15ClF2N2O. The molecule has 100 valence electrons. The molecule has 1 aliphatic rings. The van der Waals surface area contributed by atoms with Gasteiger partial charge in [-0.05, 0) is 25.1 Å². The molecule has 1 saturated heterocycles. The first kappa shape index (κ1) is 14.9. The third kappa shape index (κ3) is 2.97. The van der Waals surface area contributed by atoms with E-state index in [1.165, 1.54) is 6.07 Å². The van der Waals surface area contributed by atoms with Crippen LogP contribution in [-0.2, 0) is 0 Å². The lowest BCUT2D eigenvalue weighted by atomic mass is 10.1. The summed E-state index contributed by atoms with van der Waals surface area (Å²) in [4.78, 5) is 13.8. The summed E-state index contributed by atoms with van der Waals surface area (Å²) >= 11 is 0. The Bertz CT molecular complexity index is 442. The van der Waals surface area contributed by atoms with Gasteiger partial charge in [0, 0.05) is 31.2 Å². The van der Waals surface area contributed by atoms with Crippen LogP contribution in [0, 0.1) is 11.6 Å². The number of amides is 1. The summed E-state index contributed by atoms with van der Waals surface area (Å²) in [6.07, 6.45) is 0. The van der Waals surface area contributed by atoms with Gasteiger partial charge in [-0.1, -0.05) is 0 Å². The maximum absolute atomic E-state index is 13.0. The molecule has 1 N–H and O–H groups in total. The predicted molar refractivity (Wildman–Crippen MR) is 67.0 cm³/mol. The van der Waals surface area contributed by atoms with Crippen LogP contribution in [0.2, 0.25) is 0 Å². The number of nitrogens with one attached hydrogen (secondary N) is 1. The summed E-state index contributed by atoms with van der Waals surface area (Å²) in [5.41, 5.74) is 0.192. The molecule has 1 atom stereocenters. The highest BCUT2D eigenvalue weighted by Gasteiger charge is 2.24. The van der Waals surface area contributed by atoms with Crippen LogP contribution in [0.3, 0.4) is 0 Å². The van der Waals surface area contributed by atoms with Crippen molar-refractivity contribution in [2.45, 2.75) is 13.0 Å². The van der Waals surface area contributed by atoms with Gasteiger partial charge in [0.25, 0.3) is 5.91 Å². The molecule has 3 nitrogen and oxygen atoms in total. The third-order valence-corrected chi connectivity index (χ3v) is 2.93. The van der Waals surface area contributed by atoms with Gasteiger partial charge in [-0.2, -0.15) is 0 Å². The lowest BCUT2D eigenvalue weighted by Crippen LogP contribution is -2.52. The molecular weight excluding hydrogens is 262 g/mol. The molecule has 0 spiro atoms. The highest BCUT2D eigenvalue weighted by Crippen LogP contribution is 2.13. The van der Waals surface area contributed by atoms with E-state index < -0.39 is 11.6 Å². The lowest BCUT2D eigenvalue weighted by Gasteiger charge is -2.34. The zero-order chi connectivity index (χ0) is 12.4. The van der Waals surface area contributed by atoms with Crippen molar-refractivity contribution in [2.75, 3.05) is 19.6 Å². The monoisotopic (exact) mass is 276 g/mol. The van der Waals surface area contributed by atoms with Crippen LogP contribution in [0.1, 0.15) is 17.3 Å². The van der Waals surface area contributed by atoms with Crippen molar-refractivity contribution in [3.63, 3.8) is 0 Å². The molecule has 1 aromatic carbocycles. The highest BCUT2D eigenvalue weighted by molar-refractivity contribution is 5.94. The first-order valence-electron chi connectivity index (χ1n) is 5.56. The van der Waals surface area contributed by atoms with Gasteiger partial charge in [0.15, 0.2) is 11.6 Å². The molecule has 0 radical (unpaired) electrons. The van der Waals surface area contributed by atoms with Crippen molar-refractivity contribution in [3.8, 4) is 0 Å². The minimum Gasteiger partial charge on any atom is -0.333 e. The van der Waals surface area contributed by atoms with Crippen molar-refractivity contribution < 1.29 is 13.6 Å². The maximum Gasteiger partial charge on any atom is 0.254 e. The Hall–Kier alpha value is -1.20. The van der Waals surface area contributed by atoms with Crippen molar-refractivity contribution in [1.82, 2.24) is 10.2 Å². The number of carbonyl (C=O) groups excluding carboxylic acids is 1. The third-order valence-electron chi connectivity index (χ3n) is 2.93. The van der Waals surface area contributed by atoms with Gasteiger partial charge < -0.3 is 10.2 Å². The summed E-state index contributed by atoms with van der Waals surface area (Å²) in [6.45, 7) is 3.94. The molecule has 6 heteroatoms.